The molecule has 2 aliphatic heterocycles. The van der Waals surface area contributed by atoms with E-state index in [9.17, 15) is 9.90 Å². The van der Waals surface area contributed by atoms with Crippen LogP contribution in [-0.2, 0) is 4.79 Å². The predicted octanol–water partition coefficient (Wildman–Crippen LogP) is 2.89. The molecule has 0 radical (unpaired) electrons. The highest BCUT2D eigenvalue weighted by Gasteiger charge is 2.47. The van der Waals surface area contributed by atoms with Crippen LogP contribution in [0.2, 0.25) is 5.02 Å². The fourth-order valence-electron chi connectivity index (χ4n) is 4.08. The maximum absolute atomic E-state index is 11.6. The number of aromatic nitrogens is 1. The zero-order chi connectivity index (χ0) is 16.4. The number of aliphatic carboxylic acids is 1. The van der Waals surface area contributed by atoms with Gasteiger partial charge in [0.15, 0.2) is 0 Å². The van der Waals surface area contributed by atoms with Crippen molar-refractivity contribution in [3.63, 3.8) is 0 Å². The smallest absolute Gasteiger partial charge is 0.320 e. The third-order valence-electron chi connectivity index (χ3n) is 5.26. The Morgan fingerprint density at radius 1 is 1.48 bits per heavy atom. The summed E-state index contributed by atoms with van der Waals surface area (Å²) >= 11 is 6.25. The monoisotopic (exact) mass is 337 g/mol. The largest absolute Gasteiger partial charge is 0.480 e. The number of nitrogens with zero attached hydrogens (tertiary/aromatic N) is 3. The Balaban J connectivity index is 1.68. The highest BCUT2D eigenvalue weighted by molar-refractivity contribution is 6.32. The minimum atomic E-state index is -0.675. The summed E-state index contributed by atoms with van der Waals surface area (Å²) in [5.41, 5.74) is 0.135. The molecule has 5 nitrogen and oxygen atoms in total. The number of halogens is 1. The van der Waals surface area contributed by atoms with Crippen LogP contribution in [0.3, 0.4) is 0 Å². The Labute approximate surface area is 142 Å². The van der Waals surface area contributed by atoms with Gasteiger partial charge < -0.3 is 10.0 Å². The van der Waals surface area contributed by atoms with Crippen LogP contribution in [0.5, 0.6) is 0 Å². The molecule has 23 heavy (non-hydrogen) atoms. The third-order valence-corrected chi connectivity index (χ3v) is 5.56. The lowest BCUT2D eigenvalue weighted by molar-refractivity contribution is -0.142. The number of piperidine rings is 1. The van der Waals surface area contributed by atoms with Crippen molar-refractivity contribution in [1.82, 2.24) is 9.88 Å². The Morgan fingerprint density at radius 3 is 2.83 bits per heavy atom. The molecule has 0 aliphatic carbocycles. The van der Waals surface area contributed by atoms with Gasteiger partial charge in [0.2, 0.25) is 0 Å². The zero-order valence-electron chi connectivity index (χ0n) is 13.5. The van der Waals surface area contributed by atoms with Gasteiger partial charge in [0, 0.05) is 25.8 Å². The molecule has 0 bridgehead atoms. The number of rotatable bonds is 4. The van der Waals surface area contributed by atoms with Gasteiger partial charge in [-0.05, 0) is 49.8 Å². The number of anilines is 1. The molecule has 0 aromatic carbocycles. The minimum Gasteiger partial charge on any atom is -0.480 e. The Hall–Kier alpha value is -1.33. The van der Waals surface area contributed by atoms with Crippen molar-refractivity contribution in [2.75, 3.05) is 31.1 Å². The van der Waals surface area contributed by atoms with Crippen LogP contribution >= 0.6 is 11.6 Å². The molecule has 3 rings (SSSR count). The molecule has 2 fully saturated rings. The maximum atomic E-state index is 11.6. The highest BCUT2D eigenvalue weighted by Crippen LogP contribution is 2.44. The van der Waals surface area contributed by atoms with Crippen molar-refractivity contribution < 1.29 is 9.90 Å². The van der Waals surface area contributed by atoms with Crippen LogP contribution in [0.15, 0.2) is 18.3 Å². The first-order valence-electron chi connectivity index (χ1n) is 8.37. The third kappa shape index (κ3) is 3.31. The van der Waals surface area contributed by atoms with E-state index >= 15 is 0 Å². The molecule has 1 spiro atoms. The van der Waals surface area contributed by atoms with Gasteiger partial charge >= 0.3 is 5.97 Å². The minimum absolute atomic E-state index is 0.135. The first kappa shape index (κ1) is 16.5. The molecule has 1 aromatic rings. The molecule has 0 amide bonds. The summed E-state index contributed by atoms with van der Waals surface area (Å²) in [5, 5.41) is 10.2. The maximum Gasteiger partial charge on any atom is 0.320 e. The summed E-state index contributed by atoms with van der Waals surface area (Å²) in [5.74, 6) is 0.174. The molecule has 1 aromatic heterocycles. The molecular formula is C17H24ClN3O2. The first-order chi connectivity index (χ1) is 11.0. The number of likely N-dealkylation sites (tertiary alicyclic amines) is 1. The van der Waals surface area contributed by atoms with Crippen molar-refractivity contribution in [2.45, 2.75) is 38.6 Å². The average molecular weight is 338 g/mol. The summed E-state index contributed by atoms with van der Waals surface area (Å²) < 4.78 is 0. The standard InChI is InChI=1S/C17H24ClN3O2/c1-2-8-21-12-17(11-14(21)16(22)23)5-9-20(10-6-17)15-13(18)4-3-7-19-15/h3-4,7,14H,2,5-6,8-12H2,1H3,(H,22,23)/t14-/m1/s1. The second-order valence-corrected chi connectivity index (χ2v) is 7.23. The number of hydrogen-bond acceptors (Lipinski definition) is 4. The van der Waals surface area contributed by atoms with Crippen LogP contribution in [0.4, 0.5) is 5.82 Å². The summed E-state index contributed by atoms with van der Waals surface area (Å²) in [4.78, 5) is 20.3. The highest BCUT2D eigenvalue weighted by atomic mass is 35.5. The van der Waals surface area contributed by atoms with E-state index in [1.807, 2.05) is 12.1 Å². The van der Waals surface area contributed by atoms with E-state index in [4.69, 9.17) is 11.6 Å². The van der Waals surface area contributed by atoms with Crippen molar-refractivity contribution >= 4 is 23.4 Å². The van der Waals surface area contributed by atoms with Crippen LogP contribution in [0.1, 0.15) is 32.6 Å². The number of pyridine rings is 1. The Bertz CT molecular complexity index is 573. The van der Waals surface area contributed by atoms with Gasteiger partial charge in [-0.25, -0.2) is 4.98 Å². The molecule has 6 heteroatoms. The van der Waals surface area contributed by atoms with Crippen LogP contribution in [0.25, 0.3) is 0 Å². The fourth-order valence-corrected chi connectivity index (χ4v) is 4.32. The Morgan fingerprint density at radius 2 is 2.22 bits per heavy atom. The first-order valence-corrected chi connectivity index (χ1v) is 8.75. The normalized spacial score (nSPS) is 24.3. The Kier molecular flexibility index (Phi) is 4.78. The van der Waals surface area contributed by atoms with Crippen LogP contribution in [0, 0.1) is 5.41 Å². The van der Waals surface area contributed by atoms with Gasteiger partial charge in [-0.15, -0.1) is 0 Å². The second kappa shape index (κ2) is 6.65. The van der Waals surface area contributed by atoms with E-state index in [-0.39, 0.29) is 11.5 Å². The summed E-state index contributed by atoms with van der Waals surface area (Å²) in [7, 11) is 0. The zero-order valence-corrected chi connectivity index (χ0v) is 14.3. The van der Waals surface area contributed by atoms with E-state index in [2.05, 4.69) is 21.7 Å². The molecule has 2 saturated heterocycles. The van der Waals surface area contributed by atoms with Crippen molar-refractivity contribution in [3.8, 4) is 0 Å². The molecule has 1 atom stereocenters. The molecule has 0 saturated carbocycles. The van der Waals surface area contributed by atoms with Gasteiger partial charge in [0.25, 0.3) is 0 Å². The van der Waals surface area contributed by atoms with E-state index < -0.39 is 5.97 Å². The van der Waals surface area contributed by atoms with E-state index in [0.717, 1.165) is 57.7 Å². The quantitative estimate of drug-likeness (QED) is 0.915. The van der Waals surface area contributed by atoms with E-state index in [1.165, 1.54) is 0 Å². The number of carboxylic acids is 1. The molecule has 0 unspecified atom stereocenters. The number of carbonyl (C=O) groups is 1. The summed E-state index contributed by atoms with van der Waals surface area (Å²) in [6, 6.07) is 3.39. The summed E-state index contributed by atoms with van der Waals surface area (Å²) in [6.45, 7) is 5.66. The van der Waals surface area contributed by atoms with E-state index in [0.29, 0.717) is 5.02 Å². The lowest BCUT2D eigenvalue weighted by Gasteiger charge is -2.40. The van der Waals surface area contributed by atoms with Gasteiger partial charge in [-0.2, -0.15) is 0 Å². The average Bonchev–Trinajstić information content (AvgIpc) is 2.88. The van der Waals surface area contributed by atoms with Crippen LogP contribution in [-0.4, -0.2) is 53.2 Å². The van der Waals surface area contributed by atoms with Gasteiger partial charge in [-0.1, -0.05) is 18.5 Å². The van der Waals surface area contributed by atoms with Crippen molar-refractivity contribution in [1.29, 1.82) is 0 Å². The SMILES string of the molecule is CCCN1CC2(CCN(c3ncccc3Cl)CC2)C[C@@H]1C(=O)O. The number of carboxylic acid groups (broad SMARTS) is 1. The molecule has 126 valence electrons. The number of hydrogen-bond donors (Lipinski definition) is 1. The van der Waals surface area contributed by atoms with Gasteiger partial charge in [0.1, 0.15) is 11.9 Å². The van der Waals surface area contributed by atoms with Crippen molar-refractivity contribution in [2.24, 2.45) is 5.41 Å². The second-order valence-electron chi connectivity index (χ2n) is 6.82. The summed E-state index contributed by atoms with van der Waals surface area (Å²) in [6.07, 6.45) is 5.54. The fraction of sp³-hybridized carbons (Fsp3) is 0.647. The molecule has 1 N–H and O–H groups in total. The lowest BCUT2D eigenvalue weighted by Crippen LogP contribution is -2.42. The van der Waals surface area contributed by atoms with E-state index in [1.54, 1.807) is 6.20 Å². The van der Waals surface area contributed by atoms with Crippen molar-refractivity contribution in [3.05, 3.63) is 23.4 Å². The topological polar surface area (TPSA) is 56.7 Å². The molecular weight excluding hydrogens is 314 g/mol. The molecule has 2 aliphatic rings. The van der Waals surface area contributed by atoms with Gasteiger partial charge in [-0.3, -0.25) is 9.69 Å². The van der Waals surface area contributed by atoms with Gasteiger partial charge in [0.05, 0.1) is 5.02 Å². The molecule has 3 heterocycles. The van der Waals surface area contributed by atoms with Crippen LogP contribution < -0.4 is 4.90 Å². The predicted molar refractivity (Wildman–Crippen MR) is 91.0 cm³/mol. The lowest BCUT2D eigenvalue weighted by atomic mass is 9.76.